The summed E-state index contributed by atoms with van der Waals surface area (Å²) in [4.78, 5) is 4.19. The van der Waals surface area contributed by atoms with Gasteiger partial charge >= 0.3 is 0 Å². The molecule has 0 radical (unpaired) electrons. The molecule has 0 fully saturated rings. The number of nitrogens with zero attached hydrogens (tertiary/aromatic N) is 1. The van der Waals surface area contributed by atoms with E-state index in [9.17, 15) is 0 Å². The summed E-state index contributed by atoms with van der Waals surface area (Å²) in [6.07, 6.45) is 1.70. The highest BCUT2D eigenvalue weighted by Crippen LogP contribution is 2.28. The molecule has 0 aliphatic heterocycles. The third-order valence-corrected chi connectivity index (χ3v) is 3.03. The van der Waals surface area contributed by atoms with E-state index in [2.05, 4.69) is 10.3 Å². The van der Waals surface area contributed by atoms with Crippen molar-refractivity contribution >= 4 is 5.69 Å². The zero-order valence-corrected chi connectivity index (χ0v) is 12.2. The maximum absolute atomic E-state index is 5.79. The molecule has 0 amide bonds. The van der Waals surface area contributed by atoms with Gasteiger partial charge in [-0.2, -0.15) is 0 Å². The number of aromatic nitrogens is 1. The van der Waals surface area contributed by atoms with Crippen LogP contribution in [0.3, 0.4) is 0 Å². The van der Waals surface area contributed by atoms with Crippen molar-refractivity contribution in [2.75, 3.05) is 12.4 Å². The normalized spacial score (nSPS) is 10.0. The topological polar surface area (TPSA) is 43.4 Å². The number of benzene rings is 2. The third-order valence-electron chi connectivity index (χ3n) is 3.03. The fraction of sp³-hybridized carbons (Fsp3) is 0.0556. The van der Waals surface area contributed by atoms with E-state index in [1.165, 1.54) is 0 Å². The standard InChI is InChI=1S/C18H16N2O2/c1-19-14-10-11-20-18(12-14)22-17-9-5-8-16(13-17)21-15-6-3-2-4-7-15/h2-13H,1H3,(H,19,20). The summed E-state index contributed by atoms with van der Waals surface area (Å²) in [5.41, 5.74) is 0.946. The van der Waals surface area contributed by atoms with Crippen LogP contribution in [0.5, 0.6) is 23.1 Å². The summed E-state index contributed by atoms with van der Waals surface area (Å²) in [5, 5.41) is 3.05. The predicted octanol–water partition coefficient (Wildman–Crippen LogP) is 4.71. The lowest BCUT2D eigenvalue weighted by molar-refractivity contribution is 0.449. The minimum absolute atomic E-state index is 0.531. The Balaban J connectivity index is 1.76. The maximum Gasteiger partial charge on any atom is 0.221 e. The lowest BCUT2D eigenvalue weighted by Gasteiger charge is -2.09. The minimum Gasteiger partial charge on any atom is -0.457 e. The van der Waals surface area contributed by atoms with Crippen LogP contribution >= 0.6 is 0 Å². The molecule has 0 aliphatic carbocycles. The van der Waals surface area contributed by atoms with Crippen molar-refractivity contribution < 1.29 is 9.47 Å². The van der Waals surface area contributed by atoms with Crippen molar-refractivity contribution in [1.82, 2.24) is 4.98 Å². The van der Waals surface area contributed by atoms with Gasteiger partial charge in [0.1, 0.15) is 17.2 Å². The van der Waals surface area contributed by atoms with E-state index in [0.717, 1.165) is 11.4 Å². The maximum atomic E-state index is 5.79. The zero-order chi connectivity index (χ0) is 15.2. The highest BCUT2D eigenvalue weighted by Gasteiger charge is 2.03. The first-order valence-corrected chi connectivity index (χ1v) is 6.98. The van der Waals surface area contributed by atoms with Gasteiger partial charge < -0.3 is 14.8 Å². The molecule has 110 valence electrons. The van der Waals surface area contributed by atoms with E-state index in [-0.39, 0.29) is 0 Å². The van der Waals surface area contributed by atoms with Crippen molar-refractivity contribution in [3.8, 4) is 23.1 Å². The monoisotopic (exact) mass is 292 g/mol. The lowest BCUT2D eigenvalue weighted by Crippen LogP contribution is -1.92. The Labute approximate surface area is 129 Å². The van der Waals surface area contributed by atoms with E-state index in [4.69, 9.17) is 9.47 Å². The lowest BCUT2D eigenvalue weighted by atomic mass is 10.3. The third kappa shape index (κ3) is 3.55. The smallest absolute Gasteiger partial charge is 0.221 e. The number of ether oxygens (including phenoxy) is 2. The molecule has 1 heterocycles. The summed E-state index contributed by atoms with van der Waals surface area (Å²) in [7, 11) is 1.85. The molecule has 0 spiro atoms. The van der Waals surface area contributed by atoms with Gasteiger partial charge in [0.05, 0.1) is 0 Å². The number of anilines is 1. The molecule has 4 nitrogen and oxygen atoms in total. The van der Waals surface area contributed by atoms with Gasteiger partial charge in [-0.15, -0.1) is 0 Å². The highest BCUT2D eigenvalue weighted by molar-refractivity contribution is 5.45. The number of para-hydroxylation sites is 1. The summed E-state index contributed by atoms with van der Waals surface area (Å²) in [6, 6.07) is 20.8. The van der Waals surface area contributed by atoms with Crippen LogP contribution in [0.15, 0.2) is 72.9 Å². The molecule has 2 aromatic carbocycles. The molecule has 0 unspecified atom stereocenters. The van der Waals surface area contributed by atoms with Crippen LogP contribution in [0.2, 0.25) is 0 Å². The van der Waals surface area contributed by atoms with E-state index in [1.807, 2.05) is 73.8 Å². The zero-order valence-electron chi connectivity index (χ0n) is 12.2. The molecule has 3 aromatic rings. The molecule has 1 N–H and O–H groups in total. The van der Waals surface area contributed by atoms with E-state index in [0.29, 0.717) is 17.4 Å². The molecule has 22 heavy (non-hydrogen) atoms. The Hall–Kier alpha value is -3.01. The van der Waals surface area contributed by atoms with Gasteiger partial charge in [-0.3, -0.25) is 0 Å². The van der Waals surface area contributed by atoms with Crippen LogP contribution in [0, 0.1) is 0 Å². The highest BCUT2D eigenvalue weighted by atomic mass is 16.5. The predicted molar refractivity (Wildman–Crippen MR) is 86.8 cm³/mol. The number of nitrogens with one attached hydrogen (secondary N) is 1. The molecule has 0 saturated carbocycles. The number of pyridine rings is 1. The van der Waals surface area contributed by atoms with E-state index in [1.54, 1.807) is 6.20 Å². The SMILES string of the molecule is CNc1ccnc(Oc2cccc(Oc3ccccc3)c2)c1. The van der Waals surface area contributed by atoms with Gasteiger partial charge in [0.25, 0.3) is 0 Å². The van der Waals surface area contributed by atoms with Crippen LogP contribution in [0.1, 0.15) is 0 Å². The number of rotatable bonds is 5. The second-order valence-corrected chi connectivity index (χ2v) is 4.62. The molecule has 0 atom stereocenters. The Morgan fingerprint density at radius 3 is 2.27 bits per heavy atom. The van der Waals surface area contributed by atoms with Crippen LogP contribution in [0.4, 0.5) is 5.69 Å². The number of hydrogen-bond donors (Lipinski definition) is 1. The van der Waals surface area contributed by atoms with Crippen LogP contribution in [0.25, 0.3) is 0 Å². The van der Waals surface area contributed by atoms with Gasteiger partial charge in [0.15, 0.2) is 0 Å². The quantitative estimate of drug-likeness (QED) is 0.739. The van der Waals surface area contributed by atoms with Gasteiger partial charge in [0.2, 0.25) is 5.88 Å². The first kappa shape index (κ1) is 13.9. The van der Waals surface area contributed by atoms with Crippen LogP contribution in [-0.2, 0) is 0 Å². The fourth-order valence-corrected chi connectivity index (χ4v) is 1.97. The van der Waals surface area contributed by atoms with Crippen LogP contribution in [-0.4, -0.2) is 12.0 Å². The van der Waals surface area contributed by atoms with E-state index < -0.39 is 0 Å². The molecular weight excluding hydrogens is 276 g/mol. The average Bonchev–Trinajstić information content (AvgIpc) is 2.56. The molecule has 0 saturated heterocycles. The summed E-state index contributed by atoms with van der Waals surface area (Å²) in [5.74, 6) is 2.71. The average molecular weight is 292 g/mol. The fourth-order valence-electron chi connectivity index (χ4n) is 1.97. The van der Waals surface area contributed by atoms with Crippen molar-refractivity contribution in [3.63, 3.8) is 0 Å². The second-order valence-electron chi connectivity index (χ2n) is 4.62. The van der Waals surface area contributed by atoms with E-state index >= 15 is 0 Å². The molecule has 4 heteroatoms. The summed E-state index contributed by atoms with van der Waals surface area (Å²) in [6.45, 7) is 0. The Kier molecular flexibility index (Phi) is 4.20. The molecule has 3 rings (SSSR count). The van der Waals surface area contributed by atoms with Gasteiger partial charge in [-0.1, -0.05) is 24.3 Å². The van der Waals surface area contributed by atoms with Gasteiger partial charge in [-0.25, -0.2) is 4.98 Å². The van der Waals surface area contributed by atoms with Gasteiger partial charge in [0, 0.05) is 31.1 Å². The largest absolute Gasteiger partial charge is 0.457 e. The molecule has 0 bridgehead atoms. The first-order valence-electron chi connectivity index (χ1n) is 6.98. The summed E-state index contributed by atoms with van der Waals surface area (Å²) >= 11 is 0. The van der Waals surface area contributed by atoms with Crippen molar-refractivity contribution in [2.45, 2.75) is 0 Å². The first-order chi connectivity index (χ1) is 10.8. The van der Waals surface area contributed by atoms with Crippen molar-refractivity contribution in [2.24, 2.45) is 0 Å². The summed E-state index contributed by atoms with van der Waals surface area (Å²) < 4.78 is 11.6. The Morgan fingerprint density at radius 2 is 1.50 bits per heavy atom. The number of hydrogen-bond acceptors (Lipinski definition) is 4. The molecular formula is C18H16N2O2. The molecule has 0 aliphatic rings. The van der Waals surface area contributed by atoms with Crippen molar-refractivity contribution in [3.05, 3.63) is 72.9 Å². The second kappa shape index (κ2) is 6.63. The van der Waals surface area contributed by atoms with Gasteiger partial charge in [-0.05, 0) is 30.3 Å². The van der Waals surface area contributed by atoms with Crippen LogP contribution < -0.4 is 14.8 Å². The van der Waals surface area contributed by atoms with Crippen molar-refractivity contribution in [1.29, 1.82) is 0 Å². The minimum atomic E-state index is 0.531. The Bertz CT molecular complexity index is 745. The Morgan fingerprint density at radius 1 is 0.773 bits per heavy atom. The molecule has 1 aromatic heterocycles.